The number of nitrogens with zero attached hydrogens (tertiary/aromatic N) is 1. The van der Waals surface area contributed by atoms with Crippen LogP contribution in [0.4, 0.5) is 0 Å². The summed E-state index contributed by atoms with van der Waals surface area (Å²) in [6, 6.07) is 0. The van der Waals surface area contributed by atoms with Crippen LogP contribution in [0.15, 0.2) is 0 Å². The predicted molar refractivity (Wildman–Crippen MR) is 71.8 cm³/mol. The molecule has 0 aromatic rings. The third-order valence-electron chi connectivity index (χ3n) is 4.38. The molecule has 1 atom stereocenters. The Kier molecular flexibility index (Phi) is 5.77. The molecule has 96 valence electrons. The van der Waals surface area contributed by atoms with Gasteiger partial charge in [-0.3, -0.25) is 0 Å². The van der Waals surface area contributed by atoms with Gasteiger partial charge in [0.2, 0.25) is 0 Å². The fourth-order valence-electron chi connectivity index (χ4n) is 2.69. The van der Waals surface area contributed by atoms with Crippen molar-refractivity contribution in [2.24, 2.45) is 5.92 Å². The summed E-state index contributed by atoms with van der Waals surface area (Å²) in [4.78, 5) is 2.45. The van der Waals surface area contributed by atoms with Crippen LogP contribution >= 0.6 is 0 Å². The van der Waals surface area contributed by atoms with Gasteiger partial charge >= 0.3 is 0 Å². The van der Waals surface area contributed by atoms with E-state index in [1.54, 1.807) is 0 Å². The Bertz CT molecular complexity index is 183. The SMILES string of the molecule is CCC(C)CNCC1(N(C)C)CCCCC1. The van der Waals surface area contributed by atoms with Crippen LogP contribution in [0.3, 0.4) is 0 Å². The molecule has 2 nitrogen and oxygen atoms in total. The molecule has 1 saturated carbocycles. The summed E-state index contributed by atoms with van der Waals surface area (Å²) < 4.78 is 0. The van der Waals surface area contributed by atoms with E-state index in [1.165, 1.54) is 51.6 Å². The second-order valence-corrected chi connectivity index (χ2v) is 5.82. The quantitative estimate of drug-likeness (QED) is 0.749. The van der Waals surface area contributed by atoms with Crippen molar-refractivity contribution in [3.05, 3.63) is 0 Å². The molecule has 0 heterocycles. The van der Waals surface area contributed by atoms with Crippen molar-refractivity contribution < 1.29 is 0 Å². The molecule has 0 bridgehead atoms. The van der Waals surface area contributed by atoms with E-state index in [-0.39, 0.29) is 0 Å². The lowest BCUT2D eigenvalue weighted by Gasteiger charge is -2.43. The number of hydrogen-bond acceptors (Lipinski definition) is 2. The van der Waals surface area contributed by atoms with Gasteiger partial charge in [0.25, 0.3) is 0 Å². The third kappa shape index (κ3) is 3.74. The molecule has 1 N–H and O–H groups in total. The molecule has 0 aromatic carbocycles. The molecular weight excluding hydrogens is 196 g/mol. The van der Waals surface area contributed by atoms with Crippen molar-refractivity contribution in [1.82, 2.24) is 10.2 Å². The van der Waals surface area contributed by atoms with E-state index in [0.29, 0.717) is 5.54 Å². The Morgan fingerprint density at radius 3 is 2.31 bits per heavy atom. The van der Waals surface area contributed by atoms with Crippen molar-refractivity contribution in [1.29, 1.82) is 0 Å². The molecule has 1 aliphatic carbocycles. The number of hydrogen-bond donors (Lipinski definition) is 1. The average molecular weight is 226 g/mol. The maximum atomic E-state index is 3.69. The zero-order chi connectivity index (χ0) is 12.0. The highest BCUT2D eigenvalue weighted by molar-refractivity contribution is 4.92. The molecule has 16 heavy (non-hydrogen) atoms. The zero-order valence-electron chi connectivity index (χ0n) is 11.7. The van der Waals surface area contributed by atoms with Gasteiger partial charge in [-0.2, -0.15) is 0 Å². The molecule has 1 unspecified atom stereocenters. The van der Waals surface area contributed by atoms with Crippen LogP contribution in [0.25, 0.3) is 0 Å². The summed E-state index contributed by atoms with van der Waals surface area (Å²) in [5, 5.41) is 3.69. The van der Waals surface area contributed by atoms with Gasteiger partial charge in [-0.15, -0.1) is 0 Å². The zero-order valence-corrected chi connectivity index (χ0v) is 11.7. The van der Waals surface area contributed by atoms with E-state index in [2.05, 4.69) is 38.2 Å². The summed E-state index contributed by atoms with van der Waals surface area (Å²) in [5.41, 5.74) is 0.436. The number of rotatable bonds is 6. The van der Waals surface area contributed by atoms with Crippen LogP contribution in [0.1, 0.15) is 52.4 Å². The van der Waals surface area contributed by atoms with Gasteiger partial charge in [0.05, 0.1) is 0 Å². The van der Waals surface area contributed by atoms with Crippen LogP contribution < -0.4 is 5.32 Å². The second-order valence-electron chi connectivity index (χ2n) is 5.82. The van der Waals surface area contributed by atoms with Crippen LogP contribution in [-0.4, -0.2) is 37.6 Å². The minimum absolute atomic E-state index is 0.436. The first-order chi connectivity index (χ1) is 7.60. The van der Waals surface area contributed by atoms with Crippen LogP contribution in [0, 0.1) is 5.92 Å². The Morgan fingerprint density at radius 1 is 1.19 bits per heavy atom. The Labute approximate surface area is 102 Å². The van der Waals surface area contributed by atoms with E-state index in [4.69, 9.17) is 0 Å². The molecule has 1 rings (SSSR count). The van der Waals surface area contributed by atoms with Crippen LogP contribution in [0.2, 0.25) is 0 Å². The highest BCUT2D eigenvalue weighted by Gasteiger charge is 2.33. The molecule has 0 saturated heterocycles. The van der Waals surface area contributed by atoms with E-state index >= 15 is 0 Å². The van der Waals surface area contributed by atoms with Crippen molar-refractivity contribution in [2.75, 3.05) is 27.2 Å². The van der Waals surface area contributed by atoms with E-state index < -0.39 is 0 Å². The van der Waals surface area contributed by atoms with Crippen molar-refractivity contribution in [3.63, 3.8) is 0 Å². The normalized spacial score (nSPS) is 22.3. The third-order valence-corrected chi connectivity index (χ3v) is 4.38. The molecule has 0 aromatic heterocycles. The van der Waals surface area contributed by atoms with Gasteiger partial charge in [-0.05, 0) is 39.4 Å². The average Bonchev–Trinajstić information content (AvgIpc) is 2.30. The molecule has 0 aliphatic heterocycles. The van der Waals surface area contributed by atoms with E-state index in [1.807, 2.05) is 0 Å². The maximum absolute atomic E-state index is 3.69. The Hall–Kier alpha value is -0.0800. The number of nitrogens with one attached hydrogen (secondary N) is 1. The Morgan fingerprint density at radius 2 is 1.81 bits per heavy atom. The topological polar surface area (TPSA) is 15.3 Å². The Balaban J connectivity index is 2.39. The lowest BCUT2D eigenvalue weighted by atomic mass is 9.80. The van der Waals surface area contributed by atoms with Gasteiger partial charge in [-0.1, -0.05) is 39.5 Å². The fourth-order valence-corrected chi connectivity index (χ4v) is 2.69. The second kappa shape index (κ2) is 6.61. The van der Waals surface area contributed by atoms with Gasteiger partial charge < -0.3 is 10.2 Å². The molecule has 2 heteroatoms. The van der Waals surface area contributed by atoms with E-state index in [9.17, 15) is 0 Å². The van der Waals surface area contributed by atoms with Crippen LogP contribution in [-0.2, 0) is 0 Å². The van der Waals surface area contributed by atoms with Crippen molar-refractivity contribution >= 4 is 0 Å². The minimum atomic E-state index is 0.436. The molecule has 0 radical (unpaired) electrons. The van der Waals surface area contributed by atoms with Crippen molar-refractivity contribution in [3.8, 4) is 0 Å². The molecule has 0 spiro atoms. The highest BCUT2D eigenvalue weighted by Crippen LogP contribution is 2.31. The van der Waals surface area contributed by atoms with Gasteiger partial charge in [-0.25, -0.2) is 0 Å². The molecule has 1 fully saturated rings. The monoisotopic (exact) mass is 226 g/mol. The summed E-state index contributed by atoms with van der Waals surface area (Å²) in [6.45, 7) is 6.95. The lowest BCUT2D eigenvalue weighted by Crippen LogP contribution is -2.53. The van der Waals surface area contributed by atoms with Gasteiger partial charge in [0.15, 0.2) is 0 Å². The summed E-state index contributed by atoms with van der Waals surface area (Å²) in [7, 11) is 4.49. The van der Waals surface area contributed by atoms with Gasteiger partial charge in [0, 0.05) is 12.1 Å². The number of likely N-dealkylation sites (N-methyl/N-ethyl adjacent to an activating group) is 1. The maximum Gasteiger partial charge on any atom is 0.0327 e. The van der Waals surface area contributed by atoms with E-state index in [0.717, 1.165) is 5.92 Å². The predicted octanol–water partition coefficient (Wildman–Crippen LogP) is 2.89. The summed E-state index contributed by atoms with van der Waals surface area (Å²) in [6.07, 6.45) is 8.26. The first-order valence-electron chi connectivity index (χ1n) is 6.99. The smallest absolute Gasteiger partial charge is 0.0327 e. The van der Waals surface area contributed by atoms with Crippen LogP contribution in [0.5, 0.6) is 0 Å². The largest absolute Gasteiger partial charge is 0.315 e. The first kappa shape index (κ1) is 14.0. The summed E-state index contributed by atoms with van der Waals surface area (Å²) >= 11 is 0. The molecule has 1 aliphatic rings. The summed E-state index contributed by atoms with van der Waals surface area (Å²) in [5.74, 6) is 0.808. The highest BCUT2D eigenvalue weighted by atomic mass is 15.2. The molecule has 0 amide bonds. The van der Waals surface area contributed by atoms with Crippen molar-refractivity contribution in [2.45, 2.75) is 57.9 Å². The minimum Gasteiger partial charge on any atom is -0.315 e. The fraction of sp³-hybridized carbons (Fsp3) is 1.00. The lowest BCUT2D eigenvalue weighted by molar-refractivity contribution is 0.0977. The first-order valence-corrected chi connectivity index (χ1v) is 6.99. The standard InChI is InChI=1S/C14H30N2/c1-5-13(2)11-15-12-14(16(3)4)9-7-6-8-10-14/h13,15H,5-12H2,1-4H3. The molecular formula is C14H30N2. The van der Waals surface area contributed by atoms with Gasteiger partial charge in [0.1, 0.15) is 0 Å².